The van der Waals surface area contributed by atoms with Crippen LogP contribution in [-0.4, -0.2) is 17.3 Å². The summed E-state index contributed by atoms with van der Waals surface area (Å²) < 4.78 is 20.2. The summed E-state index contributed by atoms with van der Waals surface area (Å²) >= 11 is 3.43. The molecule has 1 aromatic heterocycles. The number of fused-ring (bicyclic) bond motifs is 1. The highest BCUT2D eigenvalue weighted by molar-refractivity contribution is 9.10. The standard InChI is InChI=1S/C14H10BrFN2O/c1-19-11-7-3-4-8(12(11)16)13-9-5-2-6-10(15)14(9)18-17-13/h2-7H,1H3,(H,17,18). The molecule has 0 spiro atoms. The molecule has 0 amide bonds. The maximum Gasteiger partial charge on any atom is 0.174 e. The second kappa shape index (κ2) is 4.66. The molecule has 0 unspecified atom stereocenters. The number of ether oxygens (including phenoxy) is 1. The number of rotatable bonds is 2. The summed E-state index contributed by atoms with van der Waals surface area (Å²) in [7, 11) is 1.45. The van der Waals surface area contributed by atoms with Crippen molar-refractivity contribution in [2.24, 2.45) is 0 Å². The Bertz CT molecular complexity index is 754. The van der Waals surface area contributed by atoms with Crippen LogP contribution >= 0.6 is 15.9 Å². The summed E-state index contributed by atoms with van der Waals surface area (Å²) in [5.74, 6) is -0.175. The van der Waals surface area contributed by atoms with E-state index < -0.39 is 5.82 Å². The molecule has 0 fully saturated rings. The summed E-state index contributed by atoms with van der Waals surface area (Å²) in [6, 6.07) is 10.7. The number of nitrogens with one attached hydrogen (secondary N) is 1. The van der Waals surface area contributed by atoms with E-state index in [0.717, 1.165) is 15.4 Å². The van der Waals surface area contributed by atoms with Crippen LogP contribution < -0.4 is 4.74 Å². The van der Waals surface area contributed by atoms with Gasteiger partial charge >= 0.3 is 0 Å². The normalized spacial score (nSPS) is 10.9. The summed E-state index contributed by atoms with van der Waals surface area (Å²) in [5, 5.41) is 7.96. The number of aromatic amines is 1. The van der Waals surface area contributed by atoms with Gasteiger partial charge in [-0.1, -0.05) is 18.2 Å². The van der Waals surface area contributed by atoms with Gasteiger partial charge < -0.3 is 4.74 Å². The molecule has 96 valence electrons. The van der Waals surface area contributed by atoms with E-state index in [4.69, 9.17) is 4.74 Å². The minimum Gasteiger partial charge on any atom is -0.494 e. The van der Waals surface area contributed by atoms with E-state index >= 15 is 0 Å². The maximum absolute atomic E-state index is 14.3. The Hall–Kier alpha value is -1.88. The van der Waals surface area contributed by atoms with Crippen LogP contribution in [0.5, 0.6) is 5.75 Å². The second-order valence-electron chi connectivity index (χ2n) is 4.06. The smallest absolute Gasteiger partial charge is 0.174 e. The predicted molar refractivity (Wildman–Crippen MR) is 75.7 cm³/mol. The van der Waals surface area contributed by atoms with Crippen LogP contribution in [-0.2, 0) is 0 Å². The van der Waals surface area contributed by atoms with Gasteiger partial charge in [-0.3, -0.25) is 5.10 Å². The minimum absolute atomic E-state index is 0.218. The average molecular weight is 321 g/mol. The van der Waals surface area contributed by atoms with Gasteiger partial charge in [0, 0.05) is 15.4 Å². The van der Waals surface area contributed by atoms with Crippen molar-refractivity contribution in [3.8, 4) is 17.0 Å². The first kappa shape index (κ1) is 12.2. The molecule has 0 aliphatic heterocycles. The highest BCUT2D eigenvalue weighted by Crippen LogP contribution is 2.34. The van der Waals surface area contributed by atoms with Crippen LogP contribution in [0, 0.1) is 5.82 Å². The lowest BCUT2D eigenvalue weighted by Crippen LogP contribution is -1.91. The van der Waals surface area contributed by atoms with Crippen LogP contribution in [0.1, 0.15) is 0 Å². The summed E-state index contributed by atoms with van der Waals surface area (Å²) in [6.45, 7) is 0. The quantitative estimate of drug-likeness (QED) is 0.770. The molecule has 3 aromatic rings. The molecule has 0 bridgehead atoms. The first-order chi connectivity index (χ1) is 9.22. The van der Waals surface area contributed by atoms with Gasteiger partial charge in [0.05, 0.1) is 12.8 Å². The van der Waals surface area contributed by atoms with Crippen molar-refractivity contribution in [3.05, 3.63) is 46.7 Å². The fourth-order valence-electron chi connectivity index (χ4n) is 2.07. The van der Waals surface area contributed by atoms with E-state index in [1.165, 1.54) is 7.11 Å². The molecule has 2 aromatic carbocycles. The fraction of sp³-hybridized carbons (Fsp3) is 0.0714. The highest BCUT2D eigenvalue weighted by Gasteiger charge is 2.15. The summed E-state index contributed by atoms with van der Waals surface area (Å²) in [5.41, 5.74) is 1.87. The van der Waals surface area contributed by atoms with Crippen molar-refractivity contribution in [2.45, 2.75) is 0 Å². The third kappa shape index (κ3) is 1.90. The number of hydrogen-bond acceptors (Lipinski definition) is 2. The van der Waals surface area contributed by atoms with Gasteiger partial charge in [-0.2, -0.15) is 5.10 Å². The van der Waals surface area contributed by atoms with Crippen molar-refractivity contribution in [3.63, 3.8) is 0 Å². The largest absolute Gasteiger partial charge is 0.494 e. The van der Waals surface area contributed by atoms with Crippen LogP contribution in [0.4, 0.5) is 4.39 Å². The average Bonchev–Trinajstić information content (AvgIpc) is 2.84. The topological polar surface area (TPSA) is 37.9 Å². The number of nitrogens with zero attached hydrogens (tertiary/aromatic N) is 1. The van der Waals surface area contributed by atoms with Gasteiger partial charge in [-0.05, 0) is 34.1 Å². The van der Waals surface area contributed by atoms with Crippen LogP contribution in [0.25, 0.3) is 22.2 Å². The molecule has 3 rings (SSSR count). The van der Waals surface area contributed by atoms with Crippen LogP contribution in [0.3, 0.4) is 0 Å². The van der Waals surface area contributed by atoms with E-state index in [1.807, 2.05) is 18.2 Å². The molecular formula is C14H10BrFN2O. The lowest BCUT2D eigenvalue weighted by molar-refractivity contribution is 0.387. The molecule has 1 N–H and O–H groups in total. The Kier molecular flexibility index (Phi) is 2.98. The Balaban J connectivity index is 2.28. The van der Waals surface area contributed by atoms with Gasteiger partial charge in [0.15, 0.2) is 11.6 Å². The van der Waals surface area contributed by atoms with E-state index in [2.05, 4.69) is 26.1 Å². The van der Waals surface area contributed by atoms with Crippen molar-refractivity contribution < 1.29 is 9.13 Å². The summed E-state index contributed by atoms with van der Waals surface area (Å²) in [6.07, 6.45) is 0. The number of methoxy groups -OCH3 is 1. The van der Waals surface area contributed by atoms with Crippen molar-refractivity contribution in [1.82, 2.24) is 10.2 Å². The number of benzene rings is 2. The lowest BCUT2D eigenvalue weighted by Gasteiger charge is -2.06. The number of H-pyrrole nitrogens is 1. The predicted octanol–water partition coefficient (Wildman–Crippen LogP) is 4.14. The monoisotopic (exact) mass is 320 g/mol. The highest BCUT2D eigenvalue weighted by atomic mass is 79.9. The zero-order chi connectivity index (χ0) is 13.4. The van der Waals surface area contributed by atoms with E-state index in [0.29, 0.717) is 11.3 Å². The Morgan fingerprint density at radius 1 is 1.21 bits per heavy atom. The Morgan fingerprint density at radius 3 is 2.79 bits per heavy atom. The minimum atomic E-state index is -0.393. The van der Waals surface area contributed by atoms with Crippen molar-refractivity contribution in [1.29, 1.82) is 0 Å². The number of para-hydroxylation sites is 1. The van der Waals surface area contributed by atoms with Gasteiger partial charge in [0.2, 0.25) is 0 Å². The molecule has 19 heavy (non-hydrogen) atoms. The zero-order valence-corrected chi connectivity index (χ0v) is 11.7. The van der Waals surface area contributed by atoms with Crippen LogP contribution in [0.15, 0.2) is 40.9 Å². The molecular weight excluding hydrogens is 311 g/mol. The SMILES string of the molecule is COc1cccc(-c2[nH]nc3c(Br)cccc23)c1F. The number of aromatic nitrogens is 2. The molecule has 0 aliphatic rings. The molecule has 1 heterocycles. The van der Waals surface area contributed by atoms with Gasteiger partial charge in [-0.25, -0.2) is 4.39 Å². The molecule has 0 atom stereocenters. The molecule has 0 saturated carbocycles. The molecule has 5 heteroatoms. The van der Waals surface area contributed by atoms with Gasteiger partial charge in [0.25, 0.3) is 0 Å². The molecule has 0 aliphatic carbocycles. The number of hydrogen-bond donors (Lipinski definition) is 1. The number of halogens is 2. The van der Waals surface area contributed by atoms with Gasteiger partial charge in [-0.15, -0.1) is 0 Å². The van der Waals surface area contributed by atoms with Gasteiger partial charge in [0.1, 0.15) is 5.52 Å². The Labute approximate surface area is 117 Å². The molecule has 3 nitrogen and oxygen atoms in total. The molecule has 0 radical (unpaired) electrons. The second-order valence-corrected chi connectivity index (χ2v) is 4.91. The molecule has 0 saturated heterocycles. The summed E-state index contributed by atoms with van der Waals surface area (Å²) in [4.78, 5) is 0. The fourth-order valence-corrected chi connectivity index (χ4v) is 2.52. The van der Waals surface area contributed by atoms with E-state index in [-0.39, 0.29) is 5.75 Å². The lowest BCUT2D eigenvalue weighted by atomic mass is 10.1. The van der Waals surface area contributed by atoms with Crippen LogP contribution in [0.2, 0.25) is 0 Å². The maximum atomic E-state index is 14.3. The first-order valence-electron chi connectivity index (χ1n) is 5.68. The van der Waals surface area contributed by atoms with E-state index in [9.17, 15) is 4.39 Å². The Morgan fingerprint density at radius 2 is 2.00 bits per heavy atom. The zero-order valence-electron chi connectivity index (χ0n) is 10.1. The van der Waals surface area contributed by atoms with Crippen molar-refractivity contribution >= 4 is 26.8 Å². The van der Waals surface area contributed by atoms with E-state index in [1.54, 1.807) is 18.2 Å². The first-order valence-corrected chi connectivity index (χ1v) is 6.47. The third-order valence-electron chi connectivity index (χ3n) is 2.99. The third-order valence-corrected chi connectivity index (χ3v) is 3.63. The van der Waals surface area contributed by atoms with Crippen molar-refractivity contribution in [2.75, 3.05) is 7.11 Å².